The van der Waals surface area contributed by atoms with Gasteiger partial charge in [-0.25, -0.2) is 4.79 Å². The number of nitrogens with zero attached hydrogens (tertiary/aromatic N) is 1. The van der Waals surface area contributed by atoms with Gasteiger partial charge in [0.2, 0.25) is 0 Å². The van der Waals surface area contributed by atoms with Gasteiger partial charge in [0.1, 0.15) is 11.5 Å². The number of carbonyl (C=O) groups is 1. The van der Waals surface area contributed by atoms with Crippen molar-refractivity contribution in [3.63, 3.8) is 0 Å². The first-order valence-corrected chi connectivity index (χ1v) is 12.5. The maximum Gasteiger partial charge on any atom is 0.340 e. The number of rotatable bonds is 5. The minimum absolute atomic E-state index is 0.292. The third kappa shape index (κ3) is 3.16. The Morgan fingerprint density at radius 3 is 2.06 bits per heavy atom. The maximum atomic E-state index is 13.7. The summed E-state index contributed by atoms with van der Waals surface area (Å²) in [7, 11) is 0. The van der Waals surface area contributed by atoms with Crippen LogP contribution in [0.2, 0.25) is 0 Å². The van der Waals surface area contributed by atoms with Crippen LogP contribution in [0, 0.1) is 5.92 Å². The molecule has 35 heavy (non-hydrogen) atoms. The van der Waals surface area contributed by atoms with Gasteiger partial charge < -0.3 is 14.4 Å². The van der Waals surface area contributed by atoms with Gasteiger partial charge >= 0.3 is 5.97 Å². The predicted molar refractivity (Wildman–Crippen MR) is 140 cm³/mol. The highest BCUT2D eigenvalue weighted by atomic mass is 16.6. The lowest BCUT2D eigenvalue weighted by Gasteiger charge is -2.37. The second-order valence-corrected chi connectivity index (χ2v) is 9.79. The van der Waals surface area contributed by atoms with Crippen LogP contribution in [-0.4, -0.2) is 19.1 Å². The maximum absolute atomic E-state index is 13.7. The van der Waals surface area contributed by atoms with E-state index >= 15 is 0 Å². The number of hydrogen-bond acceptors (Lipinski definition) is 4. The van der Waals surface area contributed by atoms with Crippen molar-refractivity contribution in [3.8, 4) is 11.5 Å². The van der Waals surface area contributed by atoms with Crippen molar-refractivity contribution >= 4 is 22.4 Å². The molecule has 6 rings (SSSR count). The number of esters is 1. The molecule has 2 aliphatic heterocycles. The Balaban J connectivity index is 1.68. The van der Waals surface area contributed by atoms with Gasteiger partial charge in [-0.05, 0) is 42.8 Å². The predicted octanol–water partition coefficient (Wildman–Crippen LogP) is 7.28. The largest absolute Gasteiger partial charge is 0.456 e. The highest BCUT2D eigenvalue weighted by Gasteiger charge is 2.54. The molecule has 0 amide bonds. The number of fused-ring (bicyclic) bond motifs is 8. The van der Waals surface area contributed by atoms with Crippen LogP contribution in [0.25, 0.3) is 10.8 Å². The van der Waals surface area contributed by atoms with E-state index in [4.69, 9.17) is 9.47 Å². The third-order valence-electron chi connectivity index (χ3n) is 7.30. The molecule has 4 aromatic carbocycles. The lowest BCUT2D eigenvalue weighted by atomic mass is 9.76. The molecule has 0 N–H and O–H groups in total. The van der Waals surface area contributed by atoms with Crippen LogP contribution >= 0.6 is 0 Å². The van der Waals surface area contributed by atoms with E-state index in [-0.39, 0.29) is 5.97 Å². The third-order valence-corrected chi connectivity index (χ3v) is 7.30. The minimum Gasteiger partial charge on any atom is -0.456 e. The zero-order valence-electron chi connectivity index (χ0n) is 20.4. The second kappa shape index (κ2) is 8.16. The molecular formula is C31H29NO3. The Morgan fingerprint density at radius 1 is 0.829 bits per heavy atom. The van der Waals surface area contributed by atoms with Crippen LogP contribution in [0.1, 0.15) is 54.2 Å². The van der Waals surface area contributed by atoms with Gasteiger partial charge in [-0.2, -0.15) is 0 Å². The zero-order chi connectivity index (χ0) is 24.2. The van der Waals surface area contributed by atoms with E-state index in [0.717, 1.165) is 52.7 Å². The monoisotopic (exact) mass is 463 g/mol. The van der Waals surface area contributed by atoms with Crippen molar-refractivity contribution in [1.82, 2.24) is 0 Å². The standard InChI is InChI=1S/C31H29NO3/c1-4-32(18-17-20(2)3)26-19-25-29(22-12-6-5-11-21(22)26)30(33)35-31(25)23-13-7-9-15-27(23)34-28-16-10-8-14-24(28)31/h5-16,19-20H,4,17-18H2,1-3H3. The van der Waals surface area contributed by atoms with Gasteiger partial charge in [0, 0.05) is 40.9 Å². The molecule has 0 aliphatic carbocycles. The first kappa shape index (κ1) is 21.7. The SMILES string of the molecule is CCN(CCC(C)C)c1cc2c(c3ccccc13)C(=O)OC21c2ccccc2Oc2ccccc21. The van der Waals surface area contributed by atoms with E-state index in [1.165, 1.54) is 0 Å². The second-order valence-electron chi connectivity index (χ2n) is 9.79. The molecule has 4 nitrogen and oxygen atoms in total. The molecule has 0 radical (unpaired) electrons. The molecule has 0 aromatic heterocycles. The van der Waals surface area contributed by atoms with Gasteiger partial charge in [-0.1, -0.05) is 74.5 Å². The molecule has 176 valence electrons. The van der Waals surface area contributed by atoms with Crippen LogP contribution < -0.4 is 9.64 Å². The molecule has 0 fully saturated rings. The Morgan fingerprint density at radius 2 is 1.43 bits per heavy atom. The van der Waals surface area contributed by atoms with Gasteiger partial charge in [0.05, 0.1) is 5.56 Å². The Bertz CT molecular complexity index is 1410. The van der Waals surface area contributed by atoms with E-state index in [1.54, 1.807) is 0 Å². The lowest BCUT2D eigenvalue weighted by molar-refractivity contribution is 0.0225. The van der Waals surface area contributed by atoms with Crippen LogP contribution in [0.5, 0.6) is 11.5 Å². The molecule has 0 bridgehead atoms. The number of para-hydroxylation sites is 2. The molecular weight excluding hydrogens is 434 g/mol. The van der Waals surface area contributed by atoms with Crippen molar-refractivity contribution in [2.75, 3.05) is 18.0 Å². The summed E-state index contributed by atoms with van der Waals surface area (Å²) in [5.41, 5.74) is 3.35. The summed E-state index contributed by atoms with van der Waals surface area (Å²) in [4.78, 5) is 16.1. The number of carbonyl (C=O) groups excluding carboxylic acids is 1. The molecule has 4 aromatic rings. The molecule has 2 heterocycles. The fourth-order valence-electron chi connectivity index (χ4n) is 5.58. The fraction of sp³-hybridized carbons (Fsp3) is 0.258. The molecule has 4 heteroatoms. The van der Waals surface area contributed by atoms with Crippen LogP contribution in [0.4, 0.5) is 5.69 Å². The number of hydrogen-bond donors (Lipinski definition) is 0. The molecule has 0 saturated carbocycles. The van der Waals surface area contributed by atoms with E-state index in [9.17, 15) is 4.79 Å². The lowest BCUT2D eigenvalue weighted by Crippen LogP contribution is -2.33. The highest BCUT2D eigenvalue weighted by molar-refractivity contribution is 6.12. The molecule has 0 atom stereocenters. The Kier molecular flexibility index (Phi) is 5.06. The molecule has 1 spiro atoms. The van der Waals surface area contributed by atoms with Crippen LogP contribution in [-0.2, 0) is 10.3 Å². The first-order valence-electron chi connectivity index (χ1n) is 12.5. The number of benzene rings is 4. The zero-order valence-corrected chi connectivity index (χ0v) is 20.4. The average molecular weight is 464 g/mol. The van der Waals surface area contributed by atoms with E-state index in [1.807, 2.05) is 66.7 Å². The van der Waals surface area contributed by atoms with Gasteiger partial charge in [-0.3, -0.25) is 0 Å². The summed E-state index contributed by atoms with van der Waals surface area (Å²) in [5, 5.41) is 2.02. The smallest absolute Gasteiger partial charge is 0.340 e. The number of anilines is 1. The van der Waals surface area contributed by atoms with Crippen LogP contribution in [0.3, 0.4) is 0 Å². The van der Waals surface area contributed by atoms with Crippen molar-refractivity contribution in [1.29, 1.82) is 0 Å². The van der Waals surface area contributed by atoms with E-state index in [2.05, 4.69) is 37.8 Å². The average Bonchev–Trinajstić information content (AvgIpc) is 3.17. The summed E-state index contributed by atoms with van der Waals surface area (Å²) in [6, 6.07) is 26.2. The van der Waals surface area contributed by atoms with Gasteiger partial charge in [0.25, 0.3) is 0 Å². The normalized spacial score (nSPS) is 14.9. The topological polar surface area (TPSA) is 38.8 Å². The van der Waals surface area contributed by atoms with Crippen LogP contribution in [0.15, 0.2) is 78.9 Å². The quantitative estimate of drug-likeness (QED) is 0.292. The van der Waals surface area contributed by atoms with Crippen molar-refractivity contribution in [3.05, 3.63) is 101 Å². The Hall–Kier alpha value is -3.79. The Labute approximate surface area is 206 Å². The highest BCUT2D eigenvalue weighted by Crippen LogP contribution is 2.57. The summed E-state index contributed by atoms with van der Waals surface area (Å²) in [6.45, 7) is 8.54. The molecule has 0 unspecified atom stereocenters. The van der Waals surface area contributed by atoms with Gasteiger partial charge in [-0.15, -0.1) is 0 Å². The molecule has 2 aliphatic rings. The van der Waals surface area contributed by atoms with Crippen molar-refractivity contribution in [2.24, 2.45) is 5.92 Å². The van der Waals surface area contributed by atoms with Gasteiger partial charge in [0.15, 0.2) is 5.60 Å². The van der Waals surface area contributed by atoms with Crippen molar-refractivity contribution in [2.45, 2.75) is 32.8 Å². The summed E-state index contributed by atoms with van der Waals surface area (Å²) >= 11 is 0. The fourth-order valence-corrected chi connectivity index (χ4v) is 5.58. The summed E-state index contributed by atoms with van der Waals surface area (Å²) in [5.74, 6) is 1.75. The van der Waals surface area contributed by atoms with E-state index < -0.39 is 5.60 Å². The summed E-state index contributed by atoms with van der Waals surface area (Å²) in [6.07, 6.45) is 1.10. The van der Waals surface area contributed by atoms with Crippen molar-refractivity contribution < 1.29 is 14.3 Å². The van der Waals surface area contributed by atoms with E-state index in [0.29, 0.717) is 23.0 Å². The first-order chi connectivity index (χ1) is 17.0. The minimum atomic E-state index is -1.05. The summed E-state index contributed by atoms with van der Waals surface area (Å²) < 4.78 is 12.7. The molecule has 0 saturated heterocycles. The number of ether oxygens (including phenoxy) is 2.